The minimum absolute atomic E-state index is 0.343. The number of furan rings is 1. The van der Waals surface area contributed by atoms with E-state index in [-0.39, 0.29) is 0 Å². The van der Waals surface area contributed by atoms with E-state index in [0.29, 0.717) is 12.6 Å². The lowest BCUT2D eigenvalue weighted by molar-refractivity contribution is 0.161. The van der Waals surface area contributed by atoms with E-state index in [2.05, 4.69) is 25.2 Å². The van der Waals surface area contributed by atoms with E-state index in [9.17, 15) is 0 Å². The van der Waals surface area contributed by atoms with Crippen LogP contribution in [0.4, 0.5) is 0 Å². The first-order valence-electron chi connectivity index (χ1n) is 6.12. The van der Waals surface area contributed by atoms with Gasteiger partial charge in [0, 0.05) is 7.11 Å². The summed E-state index contributed by atoms with van der Waals surface area (Å²) < 4.78 is 10.8. The second kappa shape index (κ2) is 7.47. The van der Waals surface area contributed by atoms with E-state index >= 15 is 0 Å². The Morgan fingerprint density at radius 3 is 2.81 bits per heavy atom. The van der Waals surface area contributed by atoms with Crippen molar-refractivity contribution in [3.63, 3.8) is 0 Å². The lowest BCUT2D eigenvalue weighted by Crippen LogP contribution is -2.20. The van der Waals surface area contributed by atoms with Crippen molar-refractivity contribution in [1.82, 2.24) is 5.32 Å². The maximum Gasteiger partial charge on any atom is 0.129 e. The maximum absolute atomic E-state index is 5.75. The van der Waals surface area contributed by atoms with E-state index in [1.807, 2.05) is 6.07 Å². The molecule has 16 heavy (non-hydrogen) atoms. The van der Waals surface area contributed by atoms with Crippen molar-refractivity contribution in [2.75, 3.05) is 13.7 Å². The predicted octanol–water partition coefficient (Wildman–Crippen LogP) is 3.27. The van der Waals surface area contributed by atoms with Gasteiger partial charge in [-0.25, -0.2) is 0 Å². The van der Waals surface area contributed by atoms with Gasteiger partial charge in [0.25, 0.3) is 0 Å². The fourth-order valence-corrected chi connectivity index (χ4v) is 1.80. The predicted molar refractivity (Wildman–Crippen MR) is 65.4 cm³/mol. The molecule has 1 unspecified atom stereocenters. The zero-order valence-electron chi connectivity index (χ0n) is 10.6. The highest BCUT2D eigenvalue weighted by Gasteiger charge is 2.13. The Kier molecular flexibility index (Phi) is 6.19. The van der Waals surface area contributed by atoms with Crippen LogP contribution < -0.4 is 5.32 Å². The largest absolute Gasteiger partial charge is 0.462 e. The highest BCUT2D eigenvalue weighted by Crippen LogP contribution is 2.22. The molecule has 92 valence electrons. The summed E-state index contributed by atoms with van der Waals surface area (Å²) in [6, 6.07) is 4.39. The van der Waals surface area contributed by atoms with Gasteiger partial charge in [-0.2, -0.15) is 0 Å². The van der Waals surface area contributed by atoms with E-state index in [0.717, 1.165) is 24.5 Å². The Morgan fingerprint density at radius 1 is 1.38 bits per heavy atom. The van der Waals surface area contributed by atoms with Crippen LogP contribution in [0.5, 0.6) is 0 Å². The Hall–Kier alpha value is -0.800. The molecule has 0 aliphatic rings. The SMILES string of the molecule is CCCCC(NCC)c1ccc(COC)o1. The van der Waals surface area contributed by atoms with Crippen molar-refractivity contribution < 1.29 is 9.15 Å². The second-order valence-electron chi connectivity index (χ2n) is 3.99. The maximum atomic E-state index is 5.75. The number of rotatable bonds is 8. The minimum atomic E-state index is 0.343. The summed E-state index contributed by atoms with van der Waals surface area (Å²) in [6.45, 7) is 5.85. The van der Waals surface area contributed by atoms with Gasteiger partial charge in [-0.05, 0) is 25.1 Å². The van der Waals surface area contributed by atoms with Crippen molar-refractivity contribution in [2.45, 2.75) is 45.8 Å². The number of unbranched alkanes of at least 4 members (excludes halogenated alkanes) is 1. The summed E-state index contributed by atoms with van der Waals surface area (Å²) in [5, 5.41) is 3.45. The number of nitrogens with one attached hydrogen (secondary N) is 1. The van der Waals surface area contributed by atoms with Crippen LogP contribution in [-0.2, 0) is 11.3 Å². The van der Waals surface area contributed by atoms with Crippen LogP contribution in [0.3, 0.4) is 0 Å². The molecule has 0 aliphatic heterocycles. The number of hydrogen-bond donors (Lipinski definition) is 1. The molecule has 1 rings (SSSR count). The molecule has 1 aromatic heterocycles. The summed E-state index contributed by atoms with van der Waals surface area (Å²) in [5.41, 5.74) is 0. The van der Waals surface area contributed by atoms with Gasteiger partial charge in [0.1, 0.15) is 18.1 Å². The Balaban J connectivity index is 2.59. The number of hydrogen-bond acceptors (Lipinski definition) is 3. The lowest BCUT2D eigenvalue weighted by Gasteiger charge is -2.14. The summed E-state index contributed by atoms with van der Waals surface area (Å²) in [5.74, 6) is 1.93. The first kappa shape index (κ1) is 13.3. The molecule has 0 bridgehead atoms. The molecule has 0 aliphatic carbocycles. The van der Waals surface area contributed by atoms with Gasteiger partial charge in [0.2, 0.25) is 0 Å². The van der Waals surface area contributed by atoms with Crippen molar-refractivity contribution >= 4 is 0 Å². The molecule has 0 fully saturated rings. The lowest BCUT2D eigenvalue weighted by atomic mass is 10.1. The molecule has 0 amide bonds. The van der Waals surface area contributed by atoms with Gasteiger partial charge in [-0.1, -0.05) is 26.7 Å². The molecule has 1 N–H and O–H groups in total. The summed E-state index contributed by atoms with van der Waals surface area (Å²) >= 11 is 0. The van der Waals surface area contributed by atoms with E-state index in [1.165, 1.54) is 12.8 Å². The standard InChI is InChI=1S/C13H23NO2/c1-4-6-7-12(14-5-2)13-9-8-11(16-13)10-15-3/h8-9,12,14H,4-7,10H2,1-3H3. The van der Waals surface area contributed by atoms with Crippen molar-refractivity contribution in [3.8, 4) is 0 Å². The van der Waals surface area contributed by atoms with Crippen LogP contribution in [0.25, 0.3) is 0 Å². The molecule has 1 heterocycles. The van der Waals surface area contributed by atoms with Crippen LogP contribution >= 0.6 is 0 Å². The third-order valence-corrected chi connectivity index (χ3v) is 2.61. The van der Waals surface area contributed by atoms with Gasteiger partial charge < -0.3 is 14.5 Å². The minimum Gasteiger partial charge on any atom is -0.462 e. The van der Waals surface area contributed by atoms with E-state index < -0.39 is 0 Å². The van der Waals surface area contributed by atoms with Gasteiger partial charge in [-0.3, -0.25) is 0 Å². The molecule has 0 saturated heterocycles. The summed E-state index contributed by atoms with van der Waals surface area (Å²) in [6.07, 6.45) is 3.57. The number of methoxy groups -OCH3 is 1. The molecule has 0 aromatic carbocycles. The zero-order valence-corrected chi connectivity index (χ0v) is 10.6. The second-order valence-corrected chi connectivity index (χ2v) is 3.99. The highest BCUT2D eigenvalue weighted by atomic mass is 16.5. The molecule has 0 spiro atoms. The van der Waals surface area contributed by atoms with Crippen molar-refractivity contribution in [3.05, 3.63) is 23.7 Å². The van der Waals surface area contributed by atoms with Gasteiger partial charge in [0.15, 0.2) is 0 Å². The molecular weight excluding hydrogens is 202 g/mol. The van der Waals surface area contributed by atoms with Gasteiger partial charge >= 0.3 is 0 Å². The van der Waals surface area contributed by atoms with Crippen molar-refractivity contribution in [1.29, 1.82) is 0 Å². The van der Waals surface area contributed by atoms with Crippen molar-refractivity contribution in [2.24, 2.45) is 0 Å². The molecule has 0 saturated carbocycles. The fourth-order valence-electron chi connectivity index (χ4n) is 1.80. The van der Waals surface area contributed by atoms with Crippen LogP contribution in [0, 0.1) is 0 Å². The van der Waals surface area contributed by atoms with E-state index in [4.69, 9.17) is 9.15 Å². The van der Waals surface area contributed by atoms with Crippen LogP contribution in [-0.4, -0.2) is 13.7 Å². The molecule has 0 radical (unpaired) electrons. The summed E-state index contributed by atoms with van der Waals surface area (Å²) in [4.78, 5) is 0. The Morgan fingerprint density at radius 2 is 2.19 bits per heavy atom. The zero-order chi connectivity index (χ0) is 11.8. The molecule has 3 heteroatoms. The van der Waals surface area contributed by atoms with Gasteiger partial charge in [0.05, 0.1) is 6.04 Å². The molecule has 1 aromatic rings. The molecule has 1 atom stereocenters. The average Bonchev–Trinajstić information content (AvgIpc) is 2.73. The smallest absolute Gasteiger partial charge is 0.129 e. The molecule has 3 nitrogen and oxygen atoms in total. The summed E-state index contributed by atoms with van der Waals surface area (Å²) in [7, 11) is 1.68. The first-order valence-corrected chi connectivity index (χ1v) is 6.12. The average molecular weight is 225 g/mol. The first-order chi connectivity index (χ1) is 7.81. The Bertz CT molecular complexity index is 283. The normalized spacial score (nSPS) is 12.9. The molecular formula is C13H23NO2. The topological polar surface area (TPSA) is 34.4 Å². The van der Waals surface area contributed by atoms with Crippen LogP contribution in [0.1, 0.15) is 50.7 Å². The number of ether oxygens (including phenoxy) is 1. The Labute approximate surface area is 98.2 Å². The monoisotopic (exact) mass is 225 g/mol. The van der Waals surface area contributed by atoms with Gasteiger partial charge in [-0.15, -0.1) is 0 Å². The van der Waals surface area contributed by atoms with Crippen LogP contribution in [0.2, 0.25) is 0 Å². The highest BCUT2D eigenvalue weighted by molar-refractivity contribution is 5.10. The third kappa shape index (κ3) is 3.99. The fraction of sp³-hybridized carbons (Fsp3) is 0.692. The van der Waals surface area contributed by atoms with Crippen LogP contribution in [0.15, 0.2) is 16.5 Å². The quantitative estimate of drug-likeness (QED) is 0.737. The van der Waals surface area contributed by atoms with E-state index in [1.54, 1.807) is 7.11 Å². The third-order valence-electron chi connectivity index (χ3n) is 2.61.